The van der Waals surface area contributed by atoms with Crippen LogP contribution in [0.15, 0.2) is 23.1 Å². The van der Waals surface area contributed by atoms with Crippen molar-refractivity contribution in [1.82, 2.24) is 4.98 Å². The molecule has 4 nitrogen and oxygen atoms in total. The number of pyridine rings is 1. The molecule has 1 aliphatic carbocycles. The Morgan fingerprint density at radius 1 is 1.26 bits per heavy atom. The van der Waals surface area contributed by atoms with Crippen molar-refractivity contribution in [2.45, 2.75) is 18.9 Å². The molecule has 1 N–H and O–H groups in total. The number of ether oxygens (including phenoxy) is 1. The number of rotatable bonds is 2. The smallest absolute Gasteiger partial charge is 0.343 e. The SMILES string of the molecule is O=C(OC1CC1)c1c[nH]c2cc(F)c(F)cc2c1=O. The van der Waals surface area contributed by atoms with Gasteiger partial charge in [-0.1, -0.05) is 0 Å². The molecule has 0 spiro atoms. The first kappa shape index (κ1) is 11.8. The summed E-state index contributed by atoms with van der Waals surface area (Å²) < 4.78 is 31.2. The average molecular weight is 265 g/mol. The van der Waals surface area contributed by atoms with E-state index in [9.17, 15) is 18.4 Å². The van der Waals surface area contributed by atoms with Crippen molar-refractivity contribution in [2.75, 3.05) is 0 Å². The zero-order valence-electron chi connectivity index (χ0n) is 9.70. The molecular formula is C13H9F2NO3. The number of esters is 1. The van der Waals surface area contributed by atoms with Gasteiger partial charge < -0.3 is 9.72 Å². The van der Waals surface area contributed by atoms with E-state index >= 15 is 0 Å². The monoisotopic (exact) mass is 265 g/mol. The molecule has 1 aromatic carbocycles. The van der Waals surface area contributed by atoms with Crippen molar-refractivity contribution >= 4 is 16.9 Å². The highest BCUT2D eigenvalue weighted by molar-refractivity contribution is 5.93. The van der Waals surface area contributed by atoms with E-state index in [1.807, 2.05) is 0 Å². The quantitative estimate of drug-likeness (QED) is 0.846. The standard InChI is InChI=1S/C13H9F2NO3/c14-9-3-7-11(4-10(9)15)16-5-8(12(7)17)13(18)19-6-1-2-6/h3-6H,1-2H2,(H,16,17). The van der Waals surface area contributed by atoms with Crippen LogP contribution < -0.4 is 5.43 Å². The predicted octanol–water partition coefficient (Wildman–Crippen LogP) is 2.13. The molecule has 98 valence electrons. The maximum absolute atomic E-state index is 13.1. The molecule has 1 saturated carbocycles. The van der Waals surface area contributed by atoms with Crippen molar-refractivity contribution in [1.29, 1.82) is 0 Å². The van der Waals surface area contributed by atoms with Crippen LogP contribution in [0.3, 0.4) is 0 Å². The van der Waals surface area contributed by atoms with Crippen molar-refractivity contribution in [2.24, 2.45) is 0 Å². The molecular weight excluding hydrogens is 256 g/mol. The Morgan fingerprint density at radius 3 is 2.63 bits per heavy atom. The van der Waals surface area contributed by atoms with Gasteiger partial charge in [0.15, 0.2) is 11.6 Å². The van der Waals surface area contributed by atoms with Crippen LogP contribution in [0.2, 0.25) is 0 Å². The van der Waals surface area contributed by atoms with Crippen molar-refractivity contribution < 1.29 is 18.3 Å². The number of hydrogen-bond acceptors (Lipinski definition) is 3. The third kappa shape index (κ3) is 2.09. The third-order valence-electron chi connectivity index (χ3n) is 2.94. The fourth-order valence-electron chi connectivity index (χ4n) is 1.77. The number of carbonyl (C=O) groups is 1. The molecule has 1 aromatic heterocycles. The highest BCUT2D eigenvalue weighted by Crippen LogP contribution is 2.24. The minimum Gasteiger partial charge on any atom is -0.459 e. The summed E-state index contributed by atoms with van der Waals surface area (Å²) in [6.45, 7) is 0. The van der Waals surface area contributed by atoms with E-state index in [-0.39, 0.29) is 22.6 Å². The Morgan fingerprint density at radius 2 is 1.95 bits per heavy atom. The summed E-state index contributed by atoms with van der Waals surface area (Å²) in [5, 5.41) is -0.0795. The first-order valence-corrected chi connectivity index (χ1v) is 5.77. The van der Waals surface area contributed by atoms with Gasteiger partial charge in [0.1, 0.15) is 11.7 Å². The van der Waals surface area contributed by atoms with Crippen molar-refractivity contribution in [3.05, 3.63) is 45.8 Å². The van der Waals surface area contributed by atoms with Crippen LogP contribution in [0.1, 0.15) is 23.2 Å². The lowest BCUT2D eigenvalue weighted by Crippen LogP contribution is -2.19. The summed E-state index contributed by atoms with van der Waals surface area (Å²) in [5.74, 6) is -2.93. The summed E-state index contributed by atoms with van der Waals surface area (Å²) in [7, 11) is 0. The fourth-order valence-corrected chi connectivity index (χ4v) is 1.77. The summed E-state index contributed by atoms with van der Waals surface area (Å²) >= 11 is 0. The van der Waals surface area contributed by atoms with Crippen LogP contribution in [0, 0.1) is 11.6 Å². The molecule has 0 unspecified atom stereocenters. The predicted molar refractivity (Wildman–Crippen MR) is 62.9 cm³/mol. The van der Waals surface area contributed by atoms with E-state index in [1.165, 1.54) is 0 Å². The molecule has 19 heavy (non-hydrogen) atoms. The van der Waals surface area contributed by atoms with Crippen LogP contribution in [0.5, 0.6) is 0 Å². The van der Waals surface area contributed by atoms with E-state index < -0.39 is 23.0 Å². The lowest BCUT2D eigenvalue weighted by molar-refractivity contribution is 0.0470. The summed E-state index contributed by atoms with van der Waals surface area (Å²) in [6.07, 6.45) is 2.61. The Bertz CT molecular complexity index is 734. The van der Waals surface area contributed by atoms with Gasteiger partial charge in [0, 0.05) is 17.6 Å². The Kier molecular flexibility index (Phi) is 2.58. The molecule has 0 bridgehead atoms. The molecule has 0 atom stereocenters. The average Bonchev–Trinajstić information content (AvgIpc) is 3.16. The molecule has 0 radical (unpaired) electrons. The van der Waals surface area contributed by atoms with Gasteiger partial charge in [-0.25, -0.2) is 13.6 Å². The molecule has 1 aliphatic rings. The van der Waals surface area contributed by atoms with Crippen molar-refractivity contribution in [3.63, 3.8) is 0 Å². The summed E-state index contributed by atoms with van der Waals surface area (Å²) in [4.78, 5) is 26.3. The zero-order valence-corrected chi connectivity index (χ0v) is 9.70. The molecule has 2 aromatic rings. The maximum atomic E-state index is 13.1. The van der Waals surface area contributed by atoms with Crippen LogP contribution >= 0.6 is 0 Å². The lowest BCUT2D eigenvalue weighted by atomic mass is 10.1. The van der Waals surface area contributed by atoms with Gasteiger partial charge in [0.05, 0.1) is 5.52 Å². The molecule has 3 rings (SSSR count). The molecule has 6 heteroatoms. The molecule has 1 fully saturated rings. The maximum Gasteiger partial charge on any atom is 0.343 e. The van der Waals surface area contributed by atoms with E-state index in [2.05, 4.69) is 4.98 Å². The summed E-state index contributed by atoms with van der Waals surface area (Å²) in [6, 6.07) is 1.65. The number of benzene rings is 1. The second-order valence-electron chi connectivity index (χ2n) is 4.45. The van der Waals surface area contributed by atoms with E-state index in [0.717, 1.165) is 31.2 Å². The molecule has 0 aliphatic heterocycles. The minimum atomic E-state index is -1.13. The third-order valence-corrected chi connectivity index (χ3v) is 2.94. The van der Waals surface area contributed by atoms with Gasteiger partial charge in [-0.2, -0.15) is 0 Å². The van der Waals surface area contributed by atoms with E-state index in [0.29, 0.717) is 0 Å². The minimum absolute atomic E-state index is 0.0795. The van der Waals surface area contributed by atoms with Gasteiger partial charge in [-0.15, -0.1) is 0 Å². The van der Waals surface area contributed by atoms with Crippen molar-refractivity contribution in [3.8, 4) is 0 Å². The summed E-state index contributed by atoms with van der Waals surface area (Å²) in [5.41, 5.74) is -0.740. The number of halogens is 2. The van der Waals surface area contributed by atoms with Gasteiger partial charge in [0.25, 0.3) is 0 Å². The highest BCUT2D eigenvalue weighted by atomic mass is 19.2. The normalized spacial score (nSPS) is 14.6. The van der Waals surface area contributed by atoms with Gasteiger partial charge in [-0.05, 0) is 18.9 Å². The van der Waals surface area contributed by atoms with Crippen LogP contribution in [0.25, 0.3) is 10.9 Å². The number of hydrogen-bond donors (Lipinski definition) is 1. The lowest BCUT2D eigenvalue weighted by Gasteiger charge is -2.04. The Hall–Kier alpha value is -2.24. The Labute approximate surface area is 106 Å². The fraction of sp³-hybridized carbons (Fsp3) is 0.231. The van der Waals surface area contributed by atoms with Gasteiger partial charge >= 0.3 is 5.97 Å². The number of H-pyrrole nitrogens is 1. The van der Waals surface area contributed by atoms with E-state index in [4.69, 9.17) is 4.74 Å². The highest BCUT2D eigenvalue weighted by Gasteiger charge is 2.27. The zero-order chi connectivity index (χ0) is 13.6. The van der Waals surface area contributed by atoms with Crippen LogP contribution in [-0.4, -0.2) is 17.1 Å². The Balaban J connectivity index is 2.11. The largest absolute Gasteiger partial charge is 0.459 e. The van der Waals surface area contributed by atoms with Crippen LogP contribution in [-0.2, 0) is 4.74 Å². The molecule has 0 amide bonds. The second-order valence-corrected chi connectivity index (χ2v) is 4.45. The molecule has 1 heterocycles. The number of carbonyl (C=O) groups excluding carboxylic acids is 1. The number of aromatic amines is 1. The first-order valence-electron chi connectivity index (χ1n) is 5.77. The first-order chi connectivity index (χ1) is 9.06. The van der Waals surface area contributed by atoms with Gasteiger partial charge in [0.2, 0.25) is 5.43 Å². The topological polar surface area (TPSA) is 59.2 Å². The van der Waals surface area contributed by atoms with Gasteiger partial charge in [-0.3, -0.25) is 4.79 Å². The second kappa shape index (κ2) is 4.15. The number of fused-ring (bicyclic) bond motifs is 1. The number of aromatic nitrogens is 1. The van der Waals surface area contributed by atoms with E-state index in [1.54, 1.807) is 0 Å². The molecule has 0 saturated heterocycles. The van der Waals surface area contributed by atoms with Crippen LogP contribution in [0.4, 0.5) is 8.78 Å². The number of nitrogens with one attached hydrogen (secondary N) is 1.